The van der Waals surface area contributed by atoms with E-state index in [1.54, 1.807) is 0 Å². The van der Waals surface area contributed by atoms with Gasteiger partial charge in [0.1, 0.15) is 0 Å². The average molecular weight is 219 g/mol. The summed E-state index contributed by atoms with van der Waals surface area (Å²) in [5.74, 6) is 0. The van der Waals surface area contributed by atoms with Crippen LogP contribution in [0.3, 0.4) is 0 Å². The van der Waals surface area contributed by atoms with Crippen LogP contribution in [-0.2, 0) is 6.42 Å². The summed E-state index contributed by atoms with van der Waals surface area (Å²) in [7, 11) is 0. The van der Waals surface area contributed by atoms with Crippen molar-refractivity contribution in [1.82, 2.24) is 9.59 Å². The molecule has 0 aliphatic carbocycles. The van der Waals surface area contributed by atoms with Crippen molar-refractivity contribution < 1.29 is 0 Å². The third-order valence-electron chi connectivity index (χ3n) is 2.36. The number of nitrogens with two attached hydrogens (primary N) is 1. The number of nitrogens with zero attached hydrogens (tertiary/aromatic N) is 2. The van der Waals surface area contributed by atoms with Gasteiger partial charge in [-0.2, -0.15) is 0 Å². The van der Waals surface area contributed by atoms with Crippen LogP contribution in [0.25, 0.3) is 0 Å². The van der Waals surface area contributed by atoms with Crippen LogP contribution < -0.4 is 5.73 Å². The highest BCUT2D eigenvalue weighted by Gasteiger charge is 2.15. The van der Waals surface area contributed by atoms with Gasteiger partial charge in [-0.3, -0.25) is 0 Å². The second kappa shape index (κ2) is 4.51. The predicted octanol–water partition coefficient (Wildman–Crippen LogP) is 2.15. The Labute approximate surface area is 93.1 Å². The van der Waals surface area contributed by atoms with Crippen LogP contribution in [0, 0.1) is 0 Å². The van der Waals surface area contributed by atoms with Crippen LogP contribution in [0.15, 0.2) is 30.3 Å². The molecule has 1 heterocycles. The zero-order chi connectivity index (χ0) is 10.7. The van der Waals surface area contributed by atoms with Crippen molar-refractivity contribution in [1.29, 1.82) is 0 Å². The molecule has 2 N–H and O–H groups in total. The standard InChI is InChI=1S/C11H13N3S/c1-2-9-11(15-14-13-9)10(12)8-6-4-3-5-7-8/h3-7,10H,2,12H2,1H3. The van der Waals surface area contributed by atoms with E-state index in [0.717, 1.165) is 22.6 Å². The molecule has 1 aromatic carbocycles. The van der Waals surface area contributed by atoms with Crippen LogP contribution in [0.2, 0.25) is 0 Å². The third-order valence-corrected chi connectivity index (χ3v) is 3.21. The molecule has 78 valence electrons. The van der Waals surface area contributed by atoms with Gasteiger partial charge in [-0.25, -0.2) is 0 Å². The van der Waals surface area contributed by atoms with Crippen molar-refractivity contribution in [2.75, 3.05) is 0 Å². The monoisotopic (exact) mass is 219 g/mol. The van der Waals surface area contributed by atoms with Crippen LogP contribution >= 0.6 is 11.5 Å². The predicted molar refractivity (Wildman–Crippen MR) is 61.8 cm³/mol. The van der Waals surface area contributed by atoms with Crippen molar-refractivity contribution in [3.63, 3.8) is 0 Å². The highest BCUT2D eigenvalue weighted by molar-refractivity contribution is 7.05. The van der Waals surface area contributed by atoms with Gasteiger partial charge in [0.2, 0.25) is 0 Å². The molecule has 0 saturated heterocycles. The van der Waals surface area contributed by atoms with Gasteiger partial charge in [0.05, 0.1) is 16.6 Å². The number of hydrogen-bond donors (Lipinski definition) is 1. The summed E-state index contributed by atoms with van der Waals surface area (Å²) in [4.78, 5) is 1.07. The highest BCUT2D eigenvalue weighted by Crippen LogP contribution is 2.24. The summed E-state index contributed by atoms with van der Waals surface area (Å²) in [6.07, 6.45) is 0.881. The molecule has 0 amide bonds. The molecule has 0 radical (unpaired) electrons. The lowest BCUT2D eigenvalue weighted by molar-refractivity contribution is 0.854. The van der Waals surface area contributed by atoms with E-state index in [1.807, 2.05) is 30.3 Å². The molecular weight excluding hydrogens is 206 g/mol. The molecule has 1 unspecified atom stereocenters. The fourth-order valence-electron chi connectivity index (χ4n) is 1.51. The maximum atomic E-state index is 6.17. The Balaban J connectivity index is 2.32. The average Bonchev–Trinajstić information content (AvgIpc) is 2.77. The normalized spacial score (nSPS) is 12.7. The number of hydrogen-bond acceptors (Lipinski definition) is 4. The molecule has 2 rings (SSSR count). The first-order valence-electron chi connectivity index (χ1n) is 4.94. The molecule has 0 aliphatic heterocycles. The number of benzene rings is 1. The van der Waals surface area contributed by atoms with Crippen molar-refractivity contribution in [3.8, 4) is 0 Å². The van der Waals surface area contributed by atoms with E-state index in [0.29, 0.717) is 0 Å². The van der Waals surface area contributed by atoms with Crippen LogP contribution in [-0.4, -0.2) is 9.59 Å². The van der Waals surface area contributed by atoms with Gasteiger partial charge in [0.25, 0.3) is 0 Å². The van der Waals surface area contributed by atoms with Gasteiger partial charge in [0, 0.05) is 0 Å². The Morgan fingerprint density at radius 2 is 2.07 bits per heavy atom. The molecule has 1 atom stereocenters. The zero-order valence-electron chi connectivity index (χ0n) is 8.55. The van der Waals surface area contributed by atoms with Crippen molar-refractivity contribution >= 4 is 11.5 Å². The van der Waals surface area contributed by atoms with E-state index in [1.165, 1.54) is 11.5 Å². The summed E-state index contributed by atoms with van der Waals surface area (Å²) >= 11 is 1.39. The van der Waals surface area contributed by atoms with Crippen LogP contribution in [0.4, 0.5) is 0 Å². The van der Waals surface area contributed by atoms with E-state index in [9.17, 15) is 0 Å². The van der Waals surface area contributed by atoms with Crippen molar-refractivity contribution in [2.45, 2.75) is 19.4 Å². The molecule has 4 heteroatoms. The lowest BCUT2D eigenvalue weighted by atomic mass is 10.0. The number of rotatable bonds is 3. The highest BCUT2D eigenvalue weighted by atomic mass is 32.1. The Hall–Kier alpha value is -1.26. The van der Waals surface area contributed by atoms with Gasteiger partial charge in [0.15, 0.2) is 0 Å². The first-order chi connectivity index (χ1) is 7.33. The fourth-order valence-corrected chi connectivity index (χ4v) is 2.28. The molecule has 0 saturated carbocycles. The zero-order valence-corrected chi connectivity index (χ0v) is 9.37. The minimum absolute atomic E-state index is 0.0962. The van der Waals surface area contributed by atoms with Crippen molar-refractivity contribution in [3.05, 3.63) is 46.5 Å². The smallest absolute Gasteiger partial charge is 0.0804 e. The summed E-state index contributed by atoms with van der Waals surface area (Å²) in [5, 5.41) is 4.07. The Kier molecular flexibility index (Phi) is 3.08. The minimum atomic E-state index is -0.0962. The molecular formula is C11H13N3S. The van der Waals surface area contributed by atoms with E-state index in [-0.39, 0.29) is 6.04 Å². The second-order valence-corrected chi connectivity index (χ2v) is 4.11. The van der Waals surface area contributed by atoms with Gasteiger partial charge in [-0.1, -0.05) is 41.7 Å². The van der Waals surface area contributed by atoms with E-state index >= 15 is 0 Å². The molecule has 0 aliphatic rings. The lowest BCUT2D eigenvalue weighted by Crippen LogP contribution is -2.11. The Morgan fingerprint density at radius 3 is 2.73 bits per heavy atom. The quantitative estimate of drug-likeness (QED) is 0.860. The van der Waals surface area contributed by atoms with Gasteiger partial charge in [-0.05, 0) is 23.5 Å². The summed E-state index contributed by atoms with van der Waals surface area (Å²) in [6, 6.07) is 9.95. The molecule has 2 aromatic rings. The number of aryl methyl sites for hydroxylation is 1. The SMILES string of the molecule is CCc1nnsc1C(N)c1ccccc1. The molecule has 0 fully saturated rings. The van der Waals surface area contributed by atoms with E-state index < -0.39 is 0 Å². The van der Waals surface area contributed by atoms with E-state index in [2.05, 4.69) is 16.5 Å². The Bertz CT molecular complexity index is 424. The minimum Gasteiger partial charge on any atom is -0.320 e. The van der Waals surface area contributed by atoms with Crippen LogP contribution in [0.5, 0.6) is 0 Å². The van der Waals surface area contributed by atoms with Crippen molar-refractivity contribution in [2.24, 2.45) is 5.73 Å². The summed E-state index contributed by atoms with van der Waals surface area (Å²) in [6.45, 7) is 2.07. The first-order valence-corrected chi connectivity index (χ1v) is 5.72. The van der Waals surface area contributed by atoms with Gasteiger partial charge < -0.3 is 5.73 Å². The maximum absolute atomic E-state index is 6.17. The molecule has 15 heavy (non-hydrogen) atoms. The number of aromatic nitrogens is 2. The molecule has 0 spiro atoms. The largest absolute Gasteiger partial charge is 0.320 e. The first kappa shape index (κ1) is 10.3. The third kappa shape index (κ3) is 2.06. The molecule has 3 nitrogen and oxygen atoms in total. The second-order valence-electron chi connectivity index (χ2n) is 3.33. The molecule has 0 bridgehead atoms. The summed E-state index contributed by atoms with van der Waals surface area (Å²) in [5.41, 5.74) is 8.29. The maximum Gasteiger partial charge on any atom is 0.0804 e. The fraction of sp³-hybridized carbons (Fsp3) is 0.273. The topological polar surface area (TPSA) is 51.8 Å². The lowest BCUT2D eigenvalue weighted by Gasteiger charge is -2.09. The van der Waals surface area contributed by atoms with Gasteiger partial charge in [-0.15, -0.1) is 5.10 Å². The summed E-state index contributed by atoms with van der Waals surface area (Å²) < 4.78 is 3.95. The van der Waals surface area contributed by atoms with E-state index in [4.69, 9.17) is 5.73 Å². The molecule has 1 aromatic heterocycles. The van der Waals surface area contributed by atoms with Gasteiger partial charge >= 0.3 is 0 Å². The van der Waals surface area contributed by atoms with Crippen LogP contribution in [0.1, 0.15) is 29.1 Å². The Morgan fingerprint density at radius 1 is 1.33 bits per heavy atom.